The Kier molecular flexibility index (Phi) is 5.29. The van der Waals surface area contributed by atoms with E-state index in [-0.39, 0.29) is 10.7 Å². The number of hydrogen-bond acceptors (Lipinski definition) is 5. The van der Waals surface area contributed by atoms with Crippen LogP contribution in [0.2, 0.25) is 0 Å². The zero-order valence-electron chi connectivity index (χ0n) is 11.9. The molecule has 0 radical (unpaired) electrons. The molecule has 0 spiro atoms. The number of rotatable bonds is 8. The van der Waals surface area contributed by atoms with E-state index in [2.05, 4.69) is 27.0 Å². The summed E-state index contributed by atoms with van der Waals surface area (Å²) in [5.74, 6) is 0.287. The van der Waals surface area contributed by atoms with E-state index in [9.17, 15) is 8.42 Å². The van der Waals surface area contributed by atoms with Crippen LogP contribution in [-0.4, -0.2) is 36.3 Å². The van der Waals surface area contributed by atoms with Gasteiger partial charge in [-0.3, -0.25) is 9.40 Å². The van der Waals surface area contributed by atoms with Gasteiger partial charge in [0.2, 0.25) is 0 Å². The summed E-state index contributed by atoms with van der Waals surface area (Å²) in [6, 6.07) is 5.03. The maximum atomic E-state index is 12.2. The standard InChI is InChI=1S/C13H19N5O2S/c1-2-6-14-8-9-18-11-12(10-16-18)21(19,20)17-13-5-3-4-7-15-13/h3-5,7,10-11,14H,2,6,8-9H2,1H3,(H,15,17). The fraction of sp³-hybridized carbons (Fsp3) is 0.385. The zero-order valence-corrected chi connectivity index (χ0v) is 12.7. The van der Waals surface area contributed by atoms with Gasteiger partial charge in [0.15, 0.2) is 0 Å². The highest BCUT2D eigenvalue weighted by atomic mass is 32.2. The van der Waals surface area contributed by atoms with Gasteiger partial charge >= 0.3 is 0 Å². The van der Waals surface area contributed by atoms with E-state index < -0.39 is 10.0 Å². The molecule has 0 aliphatic heterocycles. The predicted molar refractivity (Wildman–Crippen MR) is 80.4 cm³/mol. The quantitative estimate of drug-likeness (QED) is 0.712. The van der Waals surface area contributed by atoms with Gasteiger partial charge in [-0.25, -0.2) is 13.4 Å². The largest absolute Gasteiger partial charge is 0.315 e. The SMILES string of the molecule is CCCNCCn1cc(S(=O)(=O)Nc2ccccn2)cn1. The molecule has 21 heavy (non-hydrogen) atoms. The Labute approximate surface area is 124 Å². The van der Waals surface area contributed by atoms with Crippen LogP contribution in [-0.2, 0) is 16.6 Å². The van der Waals surface area contributed by atoms with E-state index >= 15 is 0 Å². The molecule has 0 saturated carbocycles. The minimum atomic E-state index is -3.64. The first-order chi connectivity index (χ1) is 10.1. The molecule has 0 unspecified atom stereocenters. The van der Waals surface area contributed by atoms with E-state index in [0.717, 1.165) is 19.5 Å². The summed E-state index contributed by atoms with van der Waals surface area (Å²) >= 11 is 0. The number of nitrogens with zero attached hydrogens (tertiary/aromatic N) is 3. The molecule has 0 saturated heterocycles. The molecule has 2 aromatic rings. The number of sulfonamides is 1. The summed E-state index contributed by atoms with van der Waals surface area (Å²) in [5.41, 5.74) is 0. The van der Waals surface area contributed by atoms with Crippen molar-refractivity contribution in [3.8, 4) is 0 Å². The van der Waals surface area contributed by atoms with Gasteiger partial charge in [-0.15, -0.1) is 0 Å². The summed E-state index contributed by atoms with van der Waals surface area (Å²) in [4.78, 5) is 4.07. The van der Waals surface area contributed by atoms with Gasteiger partial charge in [-0.1, -0.05) is 13.0 Å². The Morgan fingerprint density at radius 3 is 2.86 bits per heavy atom. The molecule has 2 aromatic heterocycles. The molecule has 8 heteroatoms. The summed E-state index contributed by atoms with van der Waals surface area (Å²) in [5, 5.41) is 7.29. The van der Waals surface area contributed by atoms with Crippen LogP contribution in [0.25, 0.3) is 0 Å². The molecule has 7 nitrogen and oxygen atoms in total. The van der Waals surface area contributed by atoms with E-state index in [1.165, 1.54) is 18.6 Å². The second kappa shape index (κ2) is 7.19. The maximum absolute atomic E-state index is 12.2. The van der Waals surface area contributed by atoms with E-state index in [1.807, 2.05) is 0 Å². The third kappa shape index (κ3) is 4.54. The maximum Gasteiger partial charge on any atom is 0.266 e. The van der Waals surface area contributed by atoms with E-state index in [1.54, 1.807) is 22.9 Å². The lowest BCUT2D eigenvalue weighted by molar-refractivity contribution is 0.552. The van der Waals surface area contributed by atoms with Gasteiger partial charge in [-0.05, 0) is 25.1 Å². The van der Waals surface area contributed by atoms with Gasteiger partial charge in [0.25, 0.3) is 10.0 Å². The first kappa shape index (κ1) is 15.5. The van der Waals surface area contributed by atoms with E-state index in [4.69, 9.17) is 0 Å². The van der Waals surface area contributed by atoms with Crippen LogP contribution in [0.3, 0.4) is 0 Å². The average Bonchev–Trinajstić information content (AvgIpc) is 2.94. The molecule has 0 bridgehead atoms. The fourth-order valence-corrected chi connectivity index (χ4v) is 2.68. The van der Waals surface area contributed by atoms with Crippen molar-refractivity contribution in [1.82, 2.24) is 20.1 Å². The van der Waals surface area contributed by atoms with Crippen LogP contribution in [0.1, 0.15) is 13.3 Å². The molecule has 0 amide bonds. The smallest absolute Gasteiger partial charge is 0.266 e. The van der Waals surface area contributed by atoms with Gasteiger partial charge in [0.05, 0.1) is 12.7 Å². The van der Waals surface area contributed by atoms with Gasteiger partial charge in [0.1, 0.15) is 10.7 Å². The first-order valence-electron chi connectivity index (χ1n) is 6.79. The zero-order chi connectivity index (χ0) is 15.1. The number of hydrogen-bond donors (Lipinski definition) is 2. The normalized spacial score (nSPS) is 11.5. The van der Waals surface area contributed by atoms with Crippen molar-refractivity contribution in [3.63, 3.8) is 0 Å². The number of pyridine rings is 1. The molecule has 2 rings (SSSR count). The van der Waals surface area contributed by atoms with Gasteiger partial charge < -0.3 is 5.32 Å². The second-order valence-electron chi connectivity index (χ2n) is 4.51. The lowest BCUT2D eigenvalue weighted by Gasteiger charge is -2.04. The fourth-order valence-electron chi connectivity index (χ4n) is 1.72. The Morgan fingerprint density at radius 2 is 2.14 bits per heavy atom. The summed E-state index contributed by atoms with van der Waals surface area (Å²) < 4.78 is 28.4. The minimum Gasteiger partial charge on any atom is -0.315 e. The molecular weight excluding hydrogens is 290 g/mol. The Balaban J connectivity index is 1.99. The van der Waals surface area contributed by atoms with Crippen LogP contribution in [0, 0.1) is 0 Å². The van der Waals surface area contributed by atoms with Gasteiger partial charge in [0, 0.05) is 18.9 Å². The molecule has 0 aromatic carbocycles. The predicted octanol–water partition coefficient (Wildman–Crippen LogP) is 1.08. The minimum absolute atomic E-state index is 0.128. The highest BCUT2D eigenvalue weighted by Crippen LogP contribution is 2.12. The average molecular weight is 309 g/mol. The Morgan fingerprint density at radius 1 is 1.29 bits per heavy atom. The van der Waals surface area contributed by atoms with Gasteiger partial charge in [-0.2, -0.15) is 5.10 Å². The molecule has 114 valence electrons. The van der Waals surface area contributed by atoms with Crippen molar-refractivity contribution in [2.75, 3.05) is 17.8 Å². The molecule has 0 atom stereocenters. The van der Waals surface area contributed by atoms with E-state index in [0.29, 0.717) is 6.54 Å². The molecule has 2 N–H and O–H groups in total. The van der Waals surface area contributed by atoms with Crippen LogP contribution < -0.4 is 10.0 Å². The highest BCUT2D eigenvalue weighted by molar-refractivity contribution is 7.92. The topological polar surface area (TPSA) is 88.9 Å². The van der Waals surface area contributed by atoms with Crippen molar-refractivity contribution in [1.29, 1.82) is 0 Å². The summed E-state index contributed by atoms with van der Waals surface area (Å²) in [6.45, 7) is 4.41. The molecule has 0 aliphatic rings. The van der Waals surface area contributed by atoms with Crippen molar-refractivity contribution in [2.24, 2.45) is 0 Å². The Hall–Kier alpha value is -1.93. The number of anilines is 1. The second-order valence-corrected chi connectivity index (χ2v) is 6.19. The molecule has 0 fully saturated rings. The first-order valence-corrected chi connectivity index (χ1v) is 8.27. The molecule has 2 heterocycles. The van der Waals surface area contributed by atoms with Crippen LogP contribution >= 0.6 is 0 Å². The highest BCUT2D eigenvalue weighted by Gasteiger charge is 2.16. The van der Waals surface area contributed by atoms with Crippen molar-refractivity contribution in [3.05, 3.63) is 36.8 Å². The lowest BCUT2D eigenvalue weighted by atomic mass is 10.5. The van der Waals surface area contributed by atoms with Crippen LogP contribution in [0.4, 0.5) is 5.82 Å². The number of aromatic nitrogens is 3. The third-order valence-electron chi connectivity index (χ3n) is 2.77. The monoisotopic (exact) mass is 309 g/mol. The molecule has 0 aliphatic carbocycles. The van der Waals surface area contributed by atoms with Crippen LogP contribution in [0.5, 0.6) is 0 Å². The lowest BCUT2D eigenvalue weighted by Crippen LogP contribution is -2.20. The van der Waals surface area contributed by atoms with Crippen LogP contribution in [0.15, 0.2) is 41.7 Å². The summed E-state index contributed by atoms with van der Waals surface area (Å²) in [6.07, 6.45) is 5.44. The van der Waals surface area contributed by atoms with Crippen molar-refractivity contribution < 1.29 is 8.42 Å². The third-order valence-corrected chi connectivity index (χ3v) is 4.08. The Bertz CT molecular complexity index is 654. The van der Waals surface area contributed by atoms with Crippen molar-refractivity contribution in [2.45, 2.75) is 24.8 Å². The summed E-state index contributed by atoms with van der Waals surface area (Å²) in [7, 11) is -3.64. The molecular formula is C13H19N5O2S. The van der Waals surface area contributed by atoms with Crippen molar-refractivity contribution >= 4 is 15.8 Å². The number of nitrogens with one attached hydrogen (secondary N) is 2.